The summed E-state index contributed by atoms with van der Waals surface area (Å²) in [5.41, 5.74) is 0.914. The van der Waals surface area contributed by atoms with E-state index < -0.39 is 7.14 Å². The Morgan fingerprint density at radius 2 is 1.22 bits per heavy atom. The number of allylic oxidation sites excluding steroid dienone is 2. The number of nitrogens with one attached hydrogen (secondary N) is 1. The molecule has 23 heavy (non-hydrogen) atoms. The number of rotatable bonds is 4. The fourth-order valence-electron chi connectivity index (χ4n) is 2.70. The molecule has 0 unspecified atom stereocenters. The molecule has 0 amide bonds. The maximum atomic E-state index is 14.1. The second-order valence-electron chi connectivity index (χ2n) is 6.87. The molecule has 2 aromatic rings. The van der Waals surface area contributed by atoms with Crippen molar-refractivity contribution in [2.75, 3.05) is 0 Å². The van der Waals surface area contributed by atoms with Crippen molar-refractivity contribution in [3.8, 4) is 0 Å². The molecule has 0 heterocycles. The molecule has 2 nitrogen and oxygen atoms in total. The number of hydrogen-bond donors (Lipinski definition) is 1. The quantitative estimate of drug-likeness (QED) is 0.829. The molecule has 0 fully saturated rings. The van der Waals surface area contributed by atoms with Crippen molar-refractivity contribution in [3.05, 3.63) is 71.7 Å². The van der Waals surface area contributed by atoms with Gasteiger partial charge in [-0.25, -0.2) is 0 Å². The number of hydrogen-bond acceptors (Lipinski definition) is 2. The molecule has 0 radical (unpaired) electrons. The van der Waals surface area contributed by atoms with Crippen LogP contribution < -0.4 is 15.9 Å². The second-order valence-corrected chi connectivity index (χ2v) is 9.79. The van der Waals surface area contributed by atoms with E-state index in [1.165, 1.54) is 0 Å². The Balaban J connectivity index is 2.65. The van der Waals surface area contributed by atoms with Gasteiger partial charge in [0.2, 0.25) is 0 Å². The summed E-state index contributed by atoms with van der Waals surface area (Å²) in [4.78, 5) is 0. The maximum absolute atomic E-state index is 14.1. The van der Waals surface area contributed by atoms with Gasteiger partial charge in [0.25, 0.3) is 0 Å². The zero-order valence-electron chi connectivity index (χ0n) is 14.6. The second kappa shape index (κ2) is 6.76. The van der Waals surface area contributed by atoms with E-state index in [2.05, 4.69) is 26.1 Å². The lowest BCUT2D eigenvalue weighted by atomic mass is 10.1. The Hall–Kier alpha value is -1.79. The molecule has 0 aliphatic heterocycles. The normalized spacial score (nSPS) is 13.4. The van der Waals surface area contributed by atoms with Gasteiger partial charge in [-0.15, -0.1) is 0 Å². The summed E-state index contributed by atoms with van der Waals surface area (Å²) in [7, 11) is -2.84. The molecule has 2 rings (SSSR count). The van der Waals surface area contributed by atoms with Crippen molar-refractivity contribution in [1.29, 1.82) is 0 Å². The first-order valence-corrected chi connectivity index (χ1v) is 9.63. The lowest BCUT2D eigenvalue weighted by molar-refractivity contribution is 0.472. The molecule has 2 aromatic carbocycles. The van der Waals surface area contributed by atoms with Crippen molar-refractivity contribution in [2.24, 2.45) is 0 Å². The largest absolute Gasteiger partial charge is 0.384 e. The van der Waals surface area contributed by atoms with Gasteiger partial charge in [-0.3, -0.25) is 0 Å². The van der Waals surface area contributed by atoms with Crippen LogP contribution in [-0.2, 0) is 4.57 Å². The highest BCUT2D eigenvalue weighted by atomic mass is 31.2. The van der Waals surface area contributed by atoms with Gasteiger partial charge in [0, 0.05) is 27.2 Å². The van der Waals surface area contributed by atoms with Gasteiger partial charge in [-0.1, -0.05) is 60.7 Å². The molecule has 0 saturated heterocycles. The lowest BCUT2D eigenvalue weighted by Crippen LogP contribution is -2.35. The van der Waals surface area contributed by atoms with Crippen LogP contribution in [0.25, 0.3) is 0 Å². The predicted molar refractivity (Wildman–Crippen MR) is 101 cm³/mol. The van der Waals surface area contributed by atoms with E-state index in [4.69, 9.17) is 0 Å². The Labute approximate surface area is 140 Å². The summed E-state index contributed by atoms with van der Waals surface area (Å²) in [5.74, 6) is 0. The molecule has 0 bridgehead atoms. The minimum absolute atomic E-state index is 0.0659. The Morgan fingerprint density at radius 1 is 0.826 bits per heavy atom. The average molecular weight is 327 g/mol. The summed E-state index contributed by atoms with van der Waals surface area (Å²) in [6.07, 6.45) is 0. The molecule has 122 valence electrons. The van der Waals surface area contributed by atoms with E-state index in [-0.39, 0.29) is 5.54 Å². The van der Waals surface area contributed by atoms with E-state index in [1.807, 2.05) is 74.5 Å². The molecular weight excluding hydrogens is 301 g/mol. The van der Waals surface area contributed by atoms with Gasteiger partial charge in [0.15, 0.2) is 7.14 Å². The molecule has 0 aromatic heterocycles. The van der Waals surface area contributed by atoms with Crippen LogP contribution in [0.2, 0.25) is 0 Å². The molecule has 0 saturated carbocycles. The highest BCUT2D eigenvalue weighted by molar-refractivity contribution is 7.82. The Morgan fingerprint density at radius 3 is 1.57 bits per heavy atom. The Bertz CT molecular complexity index is 684. The summed E-state index contributed by atoms with van der Waals surface area (Å²) in [6, 6.07) is 19.5. The van der Waals surface area contributed by atoms with Gasteiger partial charge in [-0.2, -0.15) is 0 Å². The Kier molecular flexibility index (Phi) is 5.16. The van der Waals surface area contributed by atoms with Crippen molar-refractivity contribution < 1.29 is 4.57 Å². The zero-order valence-corrected chi connectivity index (χ0v) is 15.5. The summed E-state index contributed by atoms with van der Waals surface area (Å²) in [5, 5.41) is 6.13. The van der Waals surface area contributed by atoms with Crippen LogP contribution in [0.15, 0.2) is 71.7 Å². The number of benzene rings is 2. The monoisotopic (exact) mass is 327 g/mol. The zero-order chi connectivity index (χ0) is 17.1. The van der Waals surface area contributed by atoms with Gasteiger partial charge < -0.3 is 9.88 Å². The van der Waals surface area contributed by atoms with E-state index in [1.54, 1.807) is 0 Å². The highest BCUT2D eigenvalue weighted by Crippen LogP contribution is 2.52. The van der Waals surface area contributed by atoms with Crippen LogP contribution in [0.5, 0.6) is 0 Å². The van der Waals surface area contributed by atoms with Gasteiger partial charge >= 0.3 is 0 Å². The minimum atomic E-state index is -2.84. The summed E-state index contributed by atoms with van der Waals surface area (Å²) < 4.78 is 14.1. The standard InChI is InChI=1S/C20H26NOP/c1-16(21-20(3,4)5)17(2)23(22,18-12-8-6-9-13-18)19-14-10-7-11-15-19/h6-15,21H,1-5H3/b17-16+. The van der Waals surface area contributed by atoms with E-state index in [0.717, 1.165) is 21.6 Å². The smallest absolute Gasteiger partial charge is 0.168 e. The van der Waals surface area contributed by atoms with E-state index in [0.29, 0.717) is 0 Å². The third-order valence-electron chi connectivity index (χ3n) is 3.82. The van der Waals surface area contributed by atoms with Crippen molar-refractivity contribution >= 4 is 17.8 Å². The maximum Gasteiger partial charge on any atom is 0.168 e. The fourth-order valence-corrected chi connectivity index (χ4v) is 5.49. The molecule has 0 spiro atoms. The van der Waals surface area contributed by atoms with E-state index >= 15 is 0 Å². The molecule has 0 aliphatic carbocycles. The average Bonchev–Trinajstić information content (AvgIpc) is 2.53. The van der Waals surface area contributed by atoms with Gasteiger partial charge in [-0.05, 0) is 34.6 Å². The van der Waals surface area contributed by atoms with Crippen LogP contribution >= 0.6 is 7.14 Å². The first-order valence-electron chi connectivity index (χ1n) is 7.92. The topological polar surface area (TPSA) is 29.1 Å². The third kappa shape index (κ3) is 3.95. The van der Waals surface area contributed by atoms with Gasteiger partial charge in [0.1, 0.15) is 0 Å². The third-order valence-corrected chi connectivity index (χ3v) is 7.15. The van der Waals surface area contributed by atoms with E-state index in [9.17, 15) is 4.57 Å². The summed E-state index contributed by atoms with van der Waals surface area (Å²) in [6.45, 7) is 10.3. The van der Waals surface area contributed by atoms with Crippen LogP contribution in [0.4, 0.5) is 0 Å². The molecule has 3 heteroatoms. The minimum Gasteiger partial charge on any atom is -0.384 e. The first kappa shape index (κ1) is 17.6. The highest BCUT2D eigenvalue weighted by Gasteiger charge is 2.31. The lowest BCUT2D eigenvalue weighted by Gasteiger charge is -2.27. The van der Waals surface area contributed by atoms with Gasteiger partial charge in [0.05, 0.1) is 0 Å². The molecule has 1 N–H and O–H groups in total. The first-order chi connectivity index (χ1) is 10.7. The molecular formula is C20H26NOP. The molecule has 0 aliphatic rings. The molecule has 0 atom stereocenters. The van der Waals surface area contributed by atoms with Crippen LogP contribution in [0.1, 0.15) is 34.6 Å². The van der Waals surface area contributed by atoms with Crippen molar-refractivity contribution in [3.63, 3.8) is 0 Å². The summed E-state index contributed by atoms with van der Waals surface area (Å²) >= 11 is 0. The van der Waals surface area contributed by atoms with Crippen LogP contribution in [-0.4, -0.2) is 5.54 Å². The van der Waals surface area contributed by atoms with Crippen LogP contribution in [0, 0.1) is 0 Å². The van der Waals surface area contributed by atoms with Crippen molar-refractivity contribution in [2.45, 2.75) is 40.2 Å². The van der Waals surface area contributed by atoms with Crippen molar-refractivity contribution in [1.82, 2.24) is 5.32 Å². The predicted octanol–water partition coefficient (Wildman–Crippen LogP) is 4.64. The SMILES string of the molecule is C/C(NC(C)(C)C)=C(/C)P(=O)(c1ccccc1)c1ccccc1. The fraction of sp³-hybridized carbons (Fsp3) is 0.300. The van der Waals surface area contributed by atoms with Crippen LogP contribution in [0.3, 0.4) is 0 Å².